The molecule has 29 heavy (non-hydrogen) atoms. The van der Waals surface area contributed by atoms with Gasteiger partial charge in [0.25, 0.3) is 0 Å². The smallest absolute Gasteiger partial charge is 0.141 e. The maximum Gasteiger partial charge on any atom is 0.141 e. The van der Waals surface area contributed by atoms with Crippen molar-refractivity contribution in [2.24, 2.45) is 0 Å². The molecule has 4 rings (SSSR count). The predicted molar refractivity (Wildman–Crippen MR) is 124 cm³/mol. The molecule has 0 amide bonds. The van der Waals surface area contributed by atoms with Crippen LogP contribution >= 0.6 is 15.9 Å². The Morgan fingerprint density at radius 3 is 2.59 bits per heavy atom. The highest BCUT2D eigenvalue weighted by Gasteiger charge is 2.12. The minimum Gasteiger partial charge on any atom is -0.494 e. The fourth-order valence-electron chi connectivity index (χ4n) is 3.52. The zero-order valence-electron chi connectivity index (χ0n) is 16.9. The monoisotopic (exact) mass is 448 g/mol. The number of halogens is 1. The van der Waals surface area contributed by atoms with E-state index >= 15 is 0 Å². The van der Waals surface area contributed by atoms with Crippen molar-refractivity contribution in [3.8, 4) is 17.1 Å². The van der Waals surface area contributed by atoms with Crippen molar-refractivity contribution in [2.75, 3.05) is 6.61 Å². The number of para-hydroxylation sites is 2. The minimum absolute atomic E-state index is 0.724. The van der Waals surface area contributed by atoms with Gasteiger partial charge in [-0.15, -0.1) is 0 Å². The first-order valence-corrected chi connectivity index (χ1v) is 10.8. The Morgan fingerprint density at radius 2 is 1.76 bits per heavy atom. The Balaban J connectivity index is 1.46. The number of hydrogen-bond acceptors (Lipinski definition) is 2. The number of aryl methyl sites for hydroxylation is 3. The summed E-state index contributed by atoms with van der Waals surface area (Å²) in [6, 6.07) is 23.0. The fraction of sp³-hybridized carbons (Fsp3) is 0.240. The summed E-state index contributed by atoms with van der Waals surface area (Å²) in [6.45, 7) is 5.88. The van der Waals surface area contributed by atoms with Gasteiger partial charge in [-0.05, 0) is 74.2 Å². The van der Waals surface area contributed by atoms with Crippen LogP contribution in [0.3, 0.4) is 0 Å². The molecule has 0 aliphatic heterocycles. The highest BCUT2D eigenvalue weighted by Crippen LogP contribution is 2.27. The molecule has 1 heterocycles. The number of aromatic nitrogens is 2. The van der Waals surface area contributed by atoms with E-state index in [1.165, 1.54) is 16.6 Å². The zero-order valence-corrected chi connectivity index (χ0v) is 18.4. The molecule has 0 N–H and O–H groups in total. The molecule has 3 aromatic carbocycles. The maximum absolute atomic E-state index is 5.95. The molecule has 0 spiro atoms. The van der Waals surface area contributed by atoms with Gasteiger partial charge in [0.1, 0.15) is 11.6 Å². The van der Waals surface area contributed by atoms with Crippen LogP contribution in [-0.4, -0.2) is 16.2 Å². The number of unbranched alkanes of at least 4 members (excludes halogenated alkanes) is 1. The summed E-state index contributed by atoms with van der Waals surface area (Å²) >= 11 is 3.58. The predicted octanol–water partition coefficient (Wildman–Crippen LogP) is 6.94. The number of imidazole rings is 1. The van der Waals surface area contributed by atoms with Crippen molar-refractivity contribution in [2.45, 2.75) is 33.2 Å². The number of fused-ring (bicyclic) bond motifs is 1. The van der Waals surface area contributed by atoms with E-state index in [0.29, 0.717) is 0 Å². The Labute approximate surface area is 180 Å². The third-order valence-corrected chi connectivity index (χ3v) is 5.75. The Hall–Kier alpha value is -2.59. The molecule has 0 aliphatic rings. The molecule has 0 aliphatic carbocycles. The summed E-state index contributed by atoms with van der Waals surface area (Å²) in [5, 5.41) is 0. The van der Waals surface area contributed by atoms with Crippen LogP contribution in [0.15, 0.2) is 71.2 Å². The van der Waals surface area contributed by atoms with Crippen LogP contribution in [0.5, 0.6) is 5.75 Å². The van der Waals surface area contributed by atoms with E-state index in [-0.39, 0.29) is 0 Å². The average molecular weight is 449 g/mol. The molecule has 1 aromatic heterocycles. The van der Waals surface area contributed by atoms with Gasteiger partial charge in [-0.25, -0.2) is 4.98 Å². The molecule has 0 radical (unpaired) electrons. The van der Waals surface area contributed by atoms with Crippen LogP contribution in [0.1, 0.15) is 24.0 Å². The summed E-state index contributed by atoms with van der Waals surface area (Å²) in [4.78, 5) is 4.90. The fourth-order valence-corrected chi connectivity index (χ4v) is 3.91. The first-order valence-electron chi connectivity index (χ1n) is 10.0. The van der Waals surface area contributed by atoms with E-state index in [2.05, 4.69) is 88.9 Å². The molecule has 0 fully saturated rings. The second kappa shape index (κ2) is 8.83. The van der Waals surface area contributed by atoms with Gasteiger partial charge in [0.05, 0.1) is 17.6 Å². The number of rotatable bonds is 7. The highest BCUT2D eigenvalue weighted by molar-refractivity contribution is 9.10. The lowest BCUT2D eigenvalue weighted by molar-refractivity contribution is 0.303. The van der Waals surface area contributed by atoms with Crippen LogP contribution in [0.25, 0.3) is 22.4 Å². The molecule has 148 valence electrons. The van der Waals surface area contributed by atoms with Gasteiger partial charge < -0.3 is 9.30 Å². The van der Waals surface area contributed by atoms with E-state index in [1.54, 1.807) is 0 Å². The van der Waals surface area contributed by atoms with Gasteiger partial charge in [-0.1, -0.05) is 46.3 Å². The van der Waals surface area contributed by atoms with E-state index in [0.717, 1.165) is 53.1 Å². The molecule has 0 bridgehead atoms. The normalized spacial score (nSPS) is 11.1. The summed E-state index contributed by atoms with van der Waals surface area (Å²) in [6.07, 6.45) is 2.03. The second-order valence-corrected chi connectivity index (χ2v) is 8.30. The van der Waals surface area contributed by atoms with Gasteiger partial charge in [0, 0.05) is 16.6 Å². The van der Waals surface area contributed by atoms with Gasteiger partial charge in [0.2, 0.25) is 0 Å². The second-order valence-electron chi connectivity index (χ2n) is 7.39. The quantitative estimate of drug-likeness (QED) is 0.286. The molecule has 0 saturated carbocycles. The summed E-state index contributed by atoms with van der Waals surface area (Å²) in [5.41, 5.74) is 5.91. The third-order valence-electron chi connectivity index (χ3n) is 5.26. The lowest BCUT2D eigenvalue weighted by Gasteiger charge is -2.11. The highest BCUT2D eigenvalue weighted by atomic mass is 79.9. The molecule has 3 nitrogen and oxygen atoms in total. The van der Waals surface area contributed by atoms with Gasteiger partial charge in [-0.3, -0.25) is 0 Å². The molecular formula is C25H25BrN2O. The van der Waals surface area contributed by atoms with Gasteiger partial charge in [0.15, 0.2) is 0 Å². The van der Waals surface area contributed by atoms with Gasteiger partial charge in [-0.2, -0.15) is 0 Å². The molecule has 4 heteroatoms. The van der Waals surface area contributed by atoms with Crippen LogP contribution in [0.2, 0.25) is 0 Å². The summed E-state index contributed by atoms with van der Waals surface area (Å²) < 4.78 is 9.34. The summed E-state index contributed by atoms with van der Waals surface area (Å²) in [5.74, 6) is 1.97. The van der Waals surface area contributed by atoms with Crippen molar-refractivity contribution >= 4 is 27.0 Å². The lowest BCUT2D eigenvalue weighted by atomic mass is 10.1. The van der Waals surface area contributed by atoms with E-state index in [1.807, 2.05) is 12.1 Å². The number of ether oxygens (including phenoxy) is 1. The molecule has 0 atom stereocenters. The van der Waals surface area contributed by atoms with Crippen LogP contribution in [0, 0.1) is 13.8 Å². The van der Waals surface area contributed by atoms with E-state index < -0.39 is 0 Å². The maximum atomic E-state index is 5.95. The molecule has 0 saturated heterocycles. The van der Waals surface area contributed by atoms with E-state index in [9.17, 15) is 0 Å². The van der Waals surface area contributed by atoms with Crippen molar-refractivity contribution in [1.29, 1.82) is 0 Å². The van der Waals surface area contributed by atoms with Gasteiger partial charge >= 0.3 is 0 Å². The number of nitrogens with zero attached hydrogens (tertiary/aromatic N) is 2. The zero-order chi connectivity index (χ0) is 20.2. The third kappa shape index (κ3) is 4.54. The Bertz CT molecular complexity index is 1130. The largest absolute Gasteiger partial charge is 0.494 e. The van der Waals surface area contributed by atoms with Crippen molar-refractivity contribution in [3.63, 3.8) is 0 Å². The van der Waals surface area contributed by atoms with Crippen LogP contribution in [0.4, 0.5) is 0 Å². The standard InChI is InChI=1S/C25H25BrN2O/c1-18-12-13-22(16-19(18)2)29-15-6-5-14-28-24-11-4-3-10-23(24)27-25(28)20-8-7-9-21(26)17-20/h3-4,7-13,16-17H,5-6,14-15H2,1-2H3. The number of hydrogen-bond donors (Lipinski definition) is 0. The van der Waals surface area contributed by atoms with Crippen molar-refractivity contribution in [3.05, 3.63) is 82.3 Å². The first-order chi connectivity index (χ1) is 14.1. The molecule has 0 unspecified atom stereocenters. The molecular weight excluding hydrogens is 424 g/mol. The Kier molecular flexibility index (Phi) is 6.00. The van der Waals surface area contributed by atoms with Crippen LogP contribution < -0.4 is 4.74 Å². The topological polar surface area (TPSA) is 27.1 Å². The molecule has 4 aromatic rings. The minimum atomic E-state index is 0.724. The lowest BCUT2D eigenvalue weighted by Crippen LogP contribution is -2.04. The van der Waals surface area contributed by atoms with Crippen molar-refractivity contribution in [1.82, 2.24) is 9.55 Å². The summed E-state index contributed by atoms with van der Waals surface area (Å²) in [7, 11) is 0. The van der Waals surface area contributed by atoms with Crippen molar-refractivity contribution < 1.29 is 4.74 Å². The number of benzene rings is 3. The van der Waals surface area contributed by atoms with Crippen LogP contribution in [-0.2, 0) is 6.54 Å². The van der Waals surface area contributed by atoms with E-state index in [4.69, 9.17) is 9.72 Å². The average Bonchev–Trinajstić information content (AvgIpc) is 3.09. The SMILES string of the molecule is Cc1ccc(OCCCCn2c(-c3cccc(Br)c3)nc3ccccc32)cc1C. The Morgan fingerprint density at radius 1 is 0.897 bits per heavy atom. The first kappa shape index (κ1) is 19.7.